The Balaban J connectivity index is 2.13. The molecule has 1 heterocycles. The van der Waals surface area contributed by atoms with Gasteiger partial charge >= 0.3 is 5.69 Å². The Morgan fingerprint density at radius 2 is 1.61 bits per heavy atom. The Labute approximate surface area is 135 Å². The van der Waals surface area contributed by atoms with Gasteiger partial charge in [0.2, 0.25) is 0 Å². The van der Waals surface area contributed by atoms with Gasteiger partial charge in [-0.2, -0.15) is 0 Å². The number of aryl methyl sites for hydroxylation is 1. The van der Waals surface area contributed by atoms with E-state index in [-0.39, 0.29) is 11.7 Å². The Kier molecular flexibility index (Phi) is 4.33. The molecule has 0 fully saturated rings. The second-order valence-corrected chi connectivity index (χ2v) is 5.36. The third kappa shape index (κ3) is 2.93. The number of rotatable bonds is 5. The molecule has 0 saturated heterocycles. The summed E-state index contributed by atoms with van der Waals surface area (Å²) in [6.45, 7) is 2.63. The van der Waals surface area contributed by atoms with E-state index >= 15 is 0 Å². The summed E-state index contributed by atoms with van der Waals surface area (Å²) in [5, 5.41) is 0. The van der Waals surface area contributed by atoms with E-state index in [0.717, 1.165) is 16.9 Å². The van der Waals surface area contributed by atoms with Crippen molar-refractivity contribution in [1.29, 1.82) is 0 Å². The van der Waals surface area contributed by atoms with E-state index in [1.807, 2.05) is 73.9 Å². The van der Waals surface area contributed by atoms with Crippen LogP contribution in [0.4, 0.5) is 0 Å². The summed E-state index contributed by atoms with van der Waals surface area (Å²) in [5.41, 5.74) is 2.12. The lowest BCUT2D eigenvalue weighted by Gasteiger charge is -2.19. The maximum absolute atomic E-state index is 12.6. The zero-order valence-electron chi connectivity index (χ0n) is 13.3. The minimum atomic E-state index is -0.151. The zero-order valence-corrected chi connectivity index (χ0v) is 13.3. The molecule has 1 atom stereocenters. The zero-order chi connectivity index (χ0) is 16.2. The number of hydrogen-bond donors (Lipinski definition) is 0. The van der Waals surface area contributed by atoms with E-state index in [4.69, 9.17) is 4.74 Å². The molecule has 0 aliphatic rings. The first-order chi connectivity index (χ1) is 11.2. The molecule has 0 aliphatic heterocycles. The minimum Gasteiger partial charge on any atom is -0.497 e. The van der Waals surface area contributed by atoms with Gasteiger partial charge in [-0.15, -0.1) is 0 Å². The predicted molar refractivity (Wildman–Crippen MR) is 91.0 cm³/mol. The van der Waals surface area contributed by atoms with E-state index < -0.39 is 0 Å². The van der Waals surface area contributed by atoms with Gasteiger partial charge in [-0.05, 0) is 30.2 Å². The van der Waals surface area contributed by atoms with Crippen LogP contribution in [0.15, 0.2) is 71.8 Å². The van der Waals surface area contributed by atoms with Crippen LogP contribution in [-0.4, -0.2) is 16.2 Å². The summed E-state index contributed by atoms with van der Waals surface area (Å²) in [5.74, 6) is 0.805. The van der Waals surface area contributed by atoms with Crippen LogP contribution < -0.4 is 10.4 Å². The number of imidazole rings is 1. The molecule has 1 unspecified atom stereocenters. The van der Waals surface area contributed by atoms with E-state index in [0.29, 0.717) is 6.54 Å². The SMILES string of the molecule is CCn1ccn(C(c2ccccc2)c2ccc(OC)cc2)c1=O. The lowest BCUT2D eigenvalue weighted by atomic mass is 9.98. The fourth-order valence-corrected chi connectivity index (χ4v) is 2.80. The summed E-state index contributed by atoms with van der Waals surface area (Å²) >= 11 is 0. The molecule has 0 aliphatic carbocycles. The van der Waals surface area contributed by atoms with Crippen molar-refractivity contribution in [1.82, 2.24) is 9.13 Å². The molecule has 3 aromatic rings. The summed E-state index contributed by atoms with van der Waals surface area (Å²) in [4.78, 5) is 12.6. The van der Waals surface area contributed by atoms with E-state index in [9.17, 15) is 4.79 Å². The molecular formula is C19H20N2O2. The number of nitrogens with zero attached hydrogens (tertiary/aromatic N) is 2. The van der Waals surface area contributed by atoms with Crippen molar-refractivity contribution in [3.8, 4) is 5.75 Å². The van der Waals surface area contributed by atoms with Crippen molar-refractivity contribution < 1.29 is 4.74 Å². The molecule has 0 saturated carbocycles. The average Bonchev–Trinajstić information content (AvgIpc) is 2.97. The third-order valence-corrected chi connectivity index (χ3v) is 4.04. The van der Waals surface area contributed by atoms with Gasteiger partial charge in [0.05, 0.1) is 13.2 Å². The van der Waals surface area contributed by atoms with Crippen molar-refractivity contribution in [3.05, 3.63) is 88.6 Å². The van der Waals surface area contributed by atoms with E-state index in [1.54, 1.807) is 16.2 Å². The van der Waals surface area contributed by atoms with Crippen LogP contribution in [0.25, 0.3) is 0 Å². The first-order valence-corrected chi connectivity index (χ1v) is 7.70. The van der Waals surface area contributed by atoms with Crippen molar-refractivity contribution >= 4 is 0 Å². The molecule has 4 nitrogen and oxygen atoms in total. The fraction of sp³-hybridized carbons (Fsp3) is 0.211. The highest BCUT2D eigenvalue weighted by atomic mass is 16.5. The monoisotopic (exact) mass is 308 g/mol. The quantitative estimate of drug-likeness (QED) is 0.725. The van der Waals surface area contributed by atoms with Gasteiger partial charge in [-0.25, -0.2) is 4.79 Å². The van der Waals surface area contributed by atoms with Crippen LogP contribution in [0.3, 0.4) is 0 Å². The maximum Gasteiger partial charge on any atom is 0.328 e. The van der Waals surface area contributed by atoms with Gasteiger partial charge in [-0.3, -0.25) is 9.13 Å². The van der Waals surface area contributed by atoms with Crippen LogP contribution in [0.2, 0.25) is 0 Å². The molecule has 0 bridgehead atoms. The van der Waals surface area contributed by atoms with Crippen molar-refractivity contribution in [3.63, 3.8) is 0 Å². The number of aromatic nitrogens is 2. The lowest BCUT2D eigenvalue weighted by Crippen LogP contribution is -2.28. The van der Waals surface area contributed by atoms with E-state index in [1.165, 1.54) is 0 Å². The second-order valence-electron chi connectivity index (χ2n) is 5.36. The van der Waals surface area contributed by atoms with Crippen molar-refractivity contribution in [2.24, 2.45) is 0 Å². The average molecular weight is 308 g/mol. The predicted octanol–water partition coefficient (Wildman–Crippen LogP) is 3.32. The largest absolute Gasteiger partial charge is 0.497 e. The normalized spacial score (nSPS) is 12.1. The molecule has 0 N–H and O–H groups in total. The van der Waals surface area contributed by atoms with Gasteiger partial charge in [0, 0.05) is 18.9 Å². The van der Waals surface area contributed by atoms with Gasteiger partial charge in [0.15, 0.2) is 0 Å². The topological polar surface area (TPSA) is 36.2 Å². The fourth-order valence-electron chi connectivity index (χ4n) is 2.80. The smallest absolute Gasteiger partial charge is 0.328 e. The highest BCUT2D eigenvalue weighted by Crippen LogP contribution is 2.27. The molecular weight excluding hydrogens is 288 g/mol. The van der Waals surface area contributed by atoms with Gasteiger partial charge in [0.1, 0.15) is 5.75 Å². The second kappa shape index (κ2) is 6.57. The Bertz CT molecular complexity index is 817. The Morgan fingerprint density at radius 1 is 0.957 bits per heavy atom. The molecule has 2 aromatic carbocycles. The van der Waals surface area contributed by atoms with Crippen molar-refractivity contribution in [2.75, 3.05) is 7.11 Å². The summed E-state index contributed by atoms with van der Waals surface area (Å²) in [7, 11) is 1.65. The van der Waals surface area contributed by atoms with Crippen LogP contribution >= 0.6 is 0 Å². The van der Waals surface area contributed by atoms with Crippen LogP contribution in [0, 0.1) is 0 Å². The minimum absolute atomic E-state index is 0.00262. The van der Waals surface area contributed by atoms with Gasteiger partial charge in [-0.1, -0.05) is 42.5 Å². The van der Waals surface area contributed by atoms with Crippen molar-refractivity contribution in [2.45, 2.75) is 19.5 Å². The lowest BCUT2D eigenvalue weighted by molar-refractivity contribution is 0.414. The highest BCUT2D eigenvalue weighted by Gasteiger charge is 2.19. The van der Waals surface area contributed by atoms with Gasteiger partial charge < -0.3 is 4.74 Å². The Morgan fingerprint density at radius 3 is 2.17 bits per heavy atom. The molecule has 0 spiro atoms. The van der Waals surface area contributed by atoms with Gasteiger partial charge in [0.25, 0.3) is 0 Å². The maximum atomic E-state index is 12.6. The summed E-state index contributed by atoms with van der Waals surface area (Å²) in [6, 6.07) is 17.8. The third-order valence-electron chi connectivity index (χ3n) is 4.04. The molecule has 23 heavy (non-hydrogen) atoms. The van der Waals surface area contributed by atoms with Crippen LogP contribution in [0.1, 0.15) is 24.1 Å². The first-order valence-electron chi connectivity index (χ1n) is 7.70. The molecule has 1 aromatic heterocycles. The summed E-state index contributed by atoms with van der Waals surface area (Å²) in [6.07, 6.45) is 3.69. The van der Waals surface area contributed by atoms with E-state index in [2.05, 4.69) is 0 Å². The number of methoxy groups -OCH3 is 1. The number of hydrogen-bond acceptors (Lipinski definition) is 2. The highest BCUT2D eigenvalue weighted by molar-refractivity contribution is 5.36. The first kappa shape index (κ1) is 15.2. The number of ether oxygens (including phenoxy) is 1. The van der Waals surface area contributed by atoms with Crippen LogP contribution in [0.5, 0.6) is 5.75 Å². The molecule has 0 amide bonds. The number of benzene rings is 2. The molecule has 118 valence electrons. The molecule has 0 radical (unpaired) electrons. The molecule has 3 rings (SSSR count). The Hall–Kier alpha value is -2.75. The standard InChI is InChI=1S/C19H20N2O2/c1-3-20-13-14-21(19(20)22)18(15-7-5-4-6-8-15)16-9-11-17(23-2)12-10-16/h4-14,18H,3H2,1-2H3. The molecule has 4 heteroatoms. The van der Waals surface area contributed by atoms with Crippen LogP contribution in [-0.2, 0) is 6.54 Å². The summed E-state index contributed by atoms with van der Waals surface area (Å²) < 4.78 is 8.72.